The Morgan fingerprint density at radius 1 is 1.39 bits per heavy atom. The van der Waals surface area contributed by atoms with E-state index in [2.05, 4.69) is 67.1 Å². The van der Waals surface area contributed by atoms with Crippen LogP contribution >= 0.6 is 31.9 Å². The van der Waals surface area contributed by atoms with Gasteiger partial charge in [0.1, 0.15) is 0 Å². The van der Waals surface area contributed by atoms with Gasteiger partial charge in [0.2, 0.25) is 0 Å². The molecule has 2 rings (SSSR count). The fourth-order valence-corrected chi connectivity index (χ4v) is 2.80. The summed E-state index contributed by atoms with van der Waals surface area (Å²) in [7, 11) is 4.04. The molecule has 96 valence electrons. The average molecular weight is 373 g/mol. The van der Waals surface area contributed by atoms with Gasteiger partial charge in [-0.05, 0) is 23.8 Å². The van der Waals surface area contributed by atoms with Crippen LogP contribution in [0.15, 0.2) is 35.1 Å². The summed E-state index contributed by atoms with van der Waals surface area (Å²) < 4.78 is 2.94. The zero-order valence-corrected chi connectivity index (χ0v) is 13.6. The first-order valence-corrected chi connectivity index (χ1v) is 7.54. The minimum atomic E-state index is 0.846. The lowest BCUT2D eigenvalue weighted by Gasteiger charge is -2.21. The van der Waals surface area contributed by atoms with Crippen molar-refractivity contribution in [2.45, 2.75) is 11.9 Å². The quantitative estimate of drug-likeness (QED) is 0.762. The fraction of sp³-hybridized carbons (Fsp3) is 0.308. The van der Waals surface area contributed by atoms with Crippen molar-refractivity contribution >= 4 is 37.5 Å². The first-order valence-electron chi connectivity index (χ1n) is 5.63. The monoisotopic (exact) mass is 371 g/mol. The van der Waals surface area contributed by atoms with Crippen LogP contribution in [0.3, 0.4) is 0 Å². The largest absolute Gasteiger partial charge is 0.370 e. The molecule has 0 saturated heterocycles. The Hall–Kier alpha value is -0.810. The fourth-order valence-electron chi connectivity index (χ4n) is 1.95. The van der Waals surface area contributed by atoms with Gasteiger partial charge in [-0.1, -0.05) is 31.9 Å². The van der Waals surface area contributed by atoms with E-state index < -0.39 is 0 Å². The van der Waals surface area contributed by atoms with Crippen LogP contribution in [0.1, 0.15) is 11.1 Å². The standard InChI is InChI=1S/C13H15Br2N3/c1-17(8-10-7-16-18(2)9-10)13-4-3-12(15)5-11(13)6-14/h3-5,7,9H,6,8H2,1-2H3. The zero-order valence-electron chi connectivity index (χ0n) is 10.4. The molecule has 0 aliphatic heterocycles. The molecule has 0 saturated carbocycles. The van der Waals surface area contributed by atoms with Gasteiger partial charge in [0, 0.05) is 47.9 Å². The second-order valence-corrected chi connectivity index (χ2v) is 5.76. The number of hydrogen-bond acceptors (Lipinski definition) is 2. The van der Waals surface area contributed by atoms with Gasteiger partial charge in [0.15, 0.2) is 0 Å². The number of halogens is 2. The van der Waals surface area contributed by atoms with Crippen molar-refractivity contribution in [2.75, 3.05) is 11.9 Å². The van der Waals surface area contributed by atoms with E-state index in [-0.39, 0.29) is 0 Å². The minimum absolute atomic E-state index is 0.846. The Balaban J connectivity index is 2.20. The lowest BCUT2D eigenvalue weighted by atomic mass is 10.2. The van der Waals surface area contributed by atoms with E-state index in [1.807, 2.05) is 24.1 Å². The molecule has 1 heterocycles. The molecule has 0 atom stereocenters. The number of nitrogens with zero attached hydrogens (tertiary/aromatic N) is 3. The molecule has 3 nitrogen and oxygen atoms in total. The molecular weight excluding hydrogens is 358 g/mol. The predicted octanol–water partition coefficient (Wildman–Crippen LogP) is 3.71. The van der Waals surface area contributed by atoms with Crippen molar-refractivity contribution in [1.82, 2.24) is 9.78 Å². The first-order chi connectivity index (χ1) is 8.60. The molecule has 1 aromatic heterocycles. The molecule has 0 N–H and O–H groups in total. The van der Waals surface area contributed by atoms with Crippen LogP contribution in [-0.2, 0) is 18.9 Å². The molecule has 0 amide bonds. The Morgan fingerprint density at radius 3 is 2.78 bits per heavy atom. The van der Waals surface area contributed by atoms with E-state index in [1.54, 1.807) is 0 Å². The highest BCUT2D eigenvalue weighted by Gasteiger charge is 2.08. The molecule has 0 spiro atoms. The van der Waals surface area contributed by atoms with E-state index in [4.69, 9.17) is 0 Å². The van der Waals surface area contributed by atoms with Crippen molar-refractivity contribution in [3.63, 3.8) is 0 Å². The molecule has 5 heteroatoms. The van der Waals surface area contributed by atoms with Crippen molar-refractivity contribution in [2.24, 2.45) is 7.05 Å². The van der Waals surface area contributed by atoms with Gasteiger partial charge in [-0.2, -0.15) is 5.10 Å². The highest BCUT2D eigenvalue weighted by atomic mass is 79.9. The molecular formula is C13H15Br2N3. The van der Waals surface area contributed by atoms with Crippen LogP contribution in [0.4, 0.5) is 5.69 Å². The number of aromatic nitrogens is 2. The molecule has 2 aromatic rings. The van der Waals surface area contributed by atoms with E-state index in [0.717, 1.165) is 16.3 Å². The van der Waals surface area contributed by atoms with Gasteiger partial charge in [-0.25, -0.2) is 0 Å². The maximum Gasteiger partial charge on any atom is 0.0539 e. The van der Waals surface area contributed by atoms with Crippen molar-refractivity contribution in [3.05, 3.63) is 46.2 Å². The molecule has 18 heavy (non-hydrogen) atoms. The second kappa shape index (κ2) is 5.89. The van der Waals surface area contributed by atoms with Gasteiger partial charge in [-0.3, -0.25) is 4.68 Å². The smallest absolute Gasteiger partial charge is 0.0539 e. The highest BCUT2D eigenvalue weighted by molar-refractivity contribution is 9.10. The summed E-state index contributed by atoms with van der Waals surface area (Å²) in [5.74, 6) is 0. The van der Waals surface area contributed by atoms with Crippen LogP contribution in [0.25, 0.3) is 0 Å². The maximum absolute atomic E-state index is 4.19. The van der Waals surface area contributed by atoms with Gasteiger partial charge in [-0.15, -0.1) is 0 Å². The normalized spacial score (nSPS) is 10.7. The lowest BCUT2D eigenvalue weighted by molar-refractivity contribution is 0.766. The second-order valence-electron chi connectivity index (χ2n) is 4.28. The molecule has 0 aliphatic rings. The molecule has 0 fully saturated rings. The average Bonchev–Trinajstić information content (AvgIpc) is 2.74. The van der Waals surface area contributed by atoms with Gasteiger partial charge < -0.3 is 4.90 Å². The number of aryl methyl sites for hydroxylation is 1. The summed E-state index contributed by atoms with van der Waals surface area (Å²) in [6, 6.07) is 6.35. The summed E-state index contributed by atoms with van der Waals surface area (Å²) >= 11 is 7.04. The zero-order chi connectivity index (χ0) is 13.1. The number of hydrogen-bond donors (Lipinski definition) is 0. The molecule has 1 aromatic carbocycles. The summed E-state index contributed by atoms with van der Waals surface area (Å²) in [6.07, 6.45) is 3.95. The number of benzene rings is 1. The number of alkyl halides is 1. The van der Waals surface area contributed by atoms with Crippen LogP contribution in [0.5, 0.6) is 0 Å². The maximum atomic E-state index is 4.19. The van der Waals surface area contributed by atoms with Crippen molar-refractivity contribution in [1.29, 1.82) is 0 Å². The van der Waals surface area contributed by atoms with E-state index in [1.165, 1.54) is 16.8 Å². The van der Waals surface area contributed by atoms with Crippen LogP contribution in [0, 0.1) is 0 Å². The molecule has 0 aliphatic carbocycles. The third-order valence-electron chi connectivity index (χ3n) is 2.77. The van der Waals surface area contributed by atoms with E-state index in [9.17, 15) is 0 Å². The Labute approximate surface area is 124 Å². The van der Waals surface area contributed by atoms with Crippen LogP contribution in [0.2, 0.25) is 0 Å². The van der Waals surface area contributed by atoms with E-state index in [0.29, 0.717) is 0 Å². The van der Waals surface area contributed by atoms with Gasteiger partial charge in [0.05, 0.1) is 6.20 Å². The van der Waals surface area contributed by atoms with Crippen LogP contribution in [-0.4, -0.2) is 16.8 Å². The summed E-state index contributed by atoms with van der Waals surface area (Å²) in [5.41, 5.74) is 3.72. The Kier molecular flexibility index (Phi) is 4.45. The summed E-state index contributed by atoms with van der Waals surface area (Å²) in [4.78, 5) is 2.24. The summed E-state index contributed by atoms with van der Waals surface area (Å²) in [6.45, 7) is 0.857. The molecule has 0 bridgehead atoms. The highest BCUT2D eigenvalue weighted by Crippen LogP contribution is 2.26. The minimum Gasteiger partial charge on any atom is -0.370 e. The predicted molar refractivity (Wildman–Crippen MR) is 82.1 cm³/mol. The third-order valence-corrected chi connectivity index (χ3v) is 3.87. The Bertz CT molecular complexity index is 537. The van der Waals surface area contributed by atoms with Crippen LogP contribution < -0.4 is 4.90 Å². The number of rotatable bonds is 4. The topological polar surface area (TPSA) is 21.1 Å². The molecule has 0 unspecified atom stereocenters. The van der Waals surface area contributed by atoms with Gasteiger partial charge in [0.25, 0.3) is 0 Å². The third kappa shape index (κ3) is 3.14. The first kappa shape index (κ1) is 13.6. The van der Waals surface area contributed by atoms with Crippen molar-refractivity contribution < 1.29 is 0 Å². The summed E-state index contributed by atoms with van der Waals surface area (Å²) in [5, 5.41) is 5.04. The molecule has 0 radical (unpaired) electrons. The van der Waals surface area contributed by atoms with Gasteiger partial charge >= 0.3 is 0 Å². The number of anilines is 1. The SMILES string of the molecule is CN(Cc1cnn(C)c1)c1ccc(Br)cc1CBr. The van der Waals surface area contributed by atoms with E-state index >= 15 is 0 Å². The lowest BCUT2D eigenvalue weighted by Crippen LogP contribution is -2.17. The Morgan fingerprint density at radius 2 is 2.17 bits per heavy atom. The van der Waals surface area contributed by atoms with Crippen molar-refractivity contribution in [3.8, 4) is 0 Å².